The van der Waals surface area contributed by atoms with Crippen molar-refractivity contribution in [3.05, 3.63) is 77.9 Å². The summed E-state index contributed by atoms with van der Waals surface area (Å²) in [7, 11) is 0. The molecule has 0 amide bonds. The summed E-state index contributed by atoms with van der Waals surface area (Å²) < 4.78 is 1.88. The van der Waals surface area contributed by atoms with Gasteiger partial charge in [-0.1, -0.05) is 41.6 Å². The van der Waals surface area contributed by atoms with E-state index in [1.54, 1.807) is 0 Å². The third-order valence-corrected chi connectivity index (χ3v) is 3.14. The highest BCUT2D eigenvalue weighted by molar-refractivity contribution is 5.15. The Labute approximate surface area is 118 Å². The molecule has 0 saturated carbocycles. The minimum atomic E-state index is 0.761. The molecule has 3 aromatic rings. The summed E-state index contributed by atoms with van der Waals surface area (Å²) >= 11 is 0. The van der Waals surface area contributed by atoms with E-state index >= 15 is 0 Å². The Morgan fingerprint density at radius 3 is 2.45 bits per heavy atom. The lowest BCUT2D eigenvalue weighted by Crippen LogP contribution is -1.99. The number of hydrogen-bond acceptors (Lipinski definition) is 3. The van der Waals surface area contributed by atoms with Gasteiger partial charge in [-0.2, -0.15) is 0 Å². The molecule has 0 bridgehead atoms. The van der Waals surface area contributed by atoms with Gasteiger partial charge in [-0.25, -0.2) is 4.68 Å². The van der Waals surface area contributed by atoms with E-state index in [0.29, 0.717) is 0 Å². The molecule has 3 rings (SSSR count). The van der Waals surface area contributed by atoms with Crippen LogP contribution in [0.15, 0.2) is 60.9 Å². The largest absolute Gasteiger partial charge is 0.261 e. The fourth-order valence-electron chi connectivity index (χ4n) is 2.10. The van der Waals surface area contributed by atoms with Crippen LogP contribution < -0.4 is 0 Å². The van der Waals surface area contributed by atoms with Crippen LogP contribution in [0, 0.1) is 0 Å². The van der Waals surface area contributed by atoms with Gasteiger partial charge in [0.25, 0.3) is 0 Å². The van der Waals surface area contributed by atoms with Gasteiger partial charge in [-0.05, 0) is 30.5 Å². The molecular weight excluding hydrogens is 248 g/mol. The molecular formula is C16H16N4. The van der Waals surface area contributed by atoms with Crippen LogP contribution in [0.25, 0.3) is 0 Å². The Morgan fingerprint density at radius 1 is 0.850 bits per heavy atom. The number of aromatic nitrogens is 4. The van der Waals surface area contributed by atoms with Crippen molar-refractivity contribution in [1.82, 2.24) is 20.0 Å². The molecule has 1 aromatic carbocycles. The van der Waals surface area contributed by atoms with Gasteiger partial charge in [0.15, 0.2) is 0 Å². The SMILES string of the molecule is c1ccc(Cn2cc(CCc3ccccn3)nn2)cc1. The van der Waals surface area contributed by atoms with Gasteiger partial charge in [0.2, 0.25) is 0 Å². The number of nitrogens with zero attached hydrogens (tertiary/aromatic N) is 4. The van der Waals surface area contributed by atoms with Crippen molar-refractivity contribution in [3.8, 4) is 0 Å². The highest BCUT2D eigenvalue weighted by atomic mass is 15.4. The number of hydrogen-bond donors (Lipinski definition) is 0. The summed E-state index contributed by atoms with van der Waals surface area (Å²) in [6.07, 6.45) is 5.59. The molecule has 0 spiro atoms. The minimum Gasteiger partial charge on any atom is -0.261 e. The lowest BCUT2D eigenvalue weighted by molar-refractivity contribution is 0.649. The smallest absolute Gasteiger partial charge is 0.0831 e. The quantitative estimate of drug-likeness (QED) is 0.711. The highest BCUT2D eigenvalue weighted by Crippen LogP contribution is 2.05. The van der Waals surface area contributed by atoms with Gasteiger partial charge in [-0.15, -0.1) is 5.10 Å². The molecule has 0 unspecified atom stereocenters. The summed E-state index contributed by atoms with van der Waals surface area (Å²) in [4.78, 5) is 4.31. The van der Waals surface area contributed by atoms with Gasteiger partial charge in [0.05, 0.1) is 12.2 Å². The molecule has 0 N–H and O–H groups in total. The third-order valence-electron chi connectivity index (χ3n) is 3.14. The van der Waals surface area contributed by atoms with E-state index in [1.165, 1.54) is 5.56 Å². The number of rotatable bonds is 5. The van der Waals surface area contributed by atoms with Crippen LogP contribution in [-0.4, -0.2) is 20.0 Å². The monoisotopic (exact) mass is 264 g/mol. The summed E-state index contributed by atoms with van der Waals surface area (Å²) in [5.41, 5.74) is 3.32. The maximum atomic E-state index is 4.31. The molecule has 0 saturated heterocycles. The van der Waals surface area contributed by atoms with Crippen LogP contribution >= 0.6 is 0 Å². The van der Waals surface area contributed by atoms with Crippen molar-refractivity contribution in [2.45, 2.75) is 19.4 Å². The maximum absolute atomic E-state index is 4.31. The molecule has 20 heavy (non-hydrogen) atoms. The zero-order valence-corrected chi connectivity index (χ0v) is 11.2. The lowest BCUT2D eigenvalue weighted by Gasteiger charge is -1.99. The van der Waals surface area contributed by atoms with Crippen LogP contribution in [0.3, 0.4) is 0 Å². The fourth-order valence-corrected chi connectivity index (χ4v) is 2.10. The van der Waals surface area contributed by atoms with Crippen molar-refractivity contribution >= 4 is 0 Å². The van der Waals surface area contributed by atoms with Gasteiger partial charge >= 0.3 is 0 Å². The van der Waals surface area contributed by atoms with Gasteiger partial charge in [0.1, 0.15) is 0 Å². The van der Waals surface area contributed by atoms with Gasteiger partial charge in [0, 0.05) is 18.1 Å². The molecule has 0 aliphatic rings. The van der Waals surface area contributed by atoms with Crippen molar-refractivity contribution in [2.75, 3.05) is 0 Å². The predicted molar refractivity (Wildman–Crippen MR) is 77.2 cm³/mol. The molecule has 4 heteroatoms. The molecule has 0 aliphatic carbocycles. The predicted octanol–water partition coefficient (Wildman–Crippen LogP) is 2.51. The first-order chi connectivity index (χ1) is 9.90. The molecule has 0 radical (unpaired) electrons. The highest BCUT2D eigenvalue weighted by Gasteiger charge is 2.02. The van der Waals surface area contributed by atoms with E-state index in [0.717, 1.165) is 30.8 Å². The second-order valence-electron chi connectivity index (χ2n) is 4.71. The first-order valence-corrected chi connectivity index (χ1v) is 6.73. The minimum absolute atomic E-state index is 0.761. The third kappa shape index (κ3) is 3.29. The number of benzene rings is 1. The number of pyridine rings is 1. The lowest BCUT2D eigenvalue weighted by atomic mass is 10.2. The van der Waals surface area contributed by atoms with Gasteiger partial charge in [-0.3, -0.25) is 4.98 Å². The molecule has 4 nitrogen and oxygen atoms in total. The Kier molecular flexibility index (Phi) is 3.83. The van der Waals surface area contributed by atoms with Crippen LogP contribution in [0.1, 0.15) is 17.0 Å². The number of aryl methyl sites for hydroxylation is 2. The molecule has 0 atom stereocenters. The zero-order chi connectivity index (χ0) is 13.6. The van der Waals surface area contributed by atoms with E-state index in [2.05, 4.69) is 27.4 Å². The van der Waals surface area contributed by atoms with Crippen molar-refractivity contribution < 1.29 is 0 Å². The van der Waals surface area contributed by atoms with E-state index in [9.17, 15) is 0 Å². The average Bonchev–Trinajstić information content (AvgIpc) is 2.95. The summed E-state index contributed by atoms with van der Waals surface area (Å²) in [5, 5.41) is 8.38. The Balaban J connectivity index is 1.60. The molecule has 0 fully saturated rings. The summed E-state index contributed by atoms with van der Waals surface area (Å²) in [6.45, 7) is 0.761. The fraction of sp³-hybridized carbons (Fsp3) is 0.188. The molecule has 100 valence electrons. The van der Waals surface area contributed by atoms with Crippen LogP contribution in [0.4, 0.5) is 0 Å². The standard InChI is InChI=1S/C16H16N4/c1-2-6-14(7-3-1)12-20-13-16(18-19-20)10-9-15-8-4-5-11-17-15/h1-8,11,13H,9-10,12H2. The van der Waals surface area contributed by atoms with Crippen molar-refractivity contribution in [1.29, 1.82) is 0 Å². The molecule has 0 aliphatic heterocycles. The van der Waals surface area contributed by atoms with E-state index < -0.39 is 0 Å². The van der Waals surface area contributed by atoms with E-state index in [-0.39, 0.29) is 0 Å². The van der Waals surface area contributed by atoms with E-state index in [4.69, 9.17) is 0 Å². The second-order valence-corrected chi connectivity index (χ2v) is 4.71. The van der Waals surface area contributed by atoms with Crippen molar-refractivity contribution in [3.63, 3.8) is 0 Å². The van der Waals surface area contributed by atoms with Crippen LogP contribution in [-0.2, 0) is 19.4 Å². The molecule has 2 heterocycles. The Hall–Kier alpha value is -2.49. The van der Waals surface area contributed by atoms with Gasteiger partial charge < -0.3 is 0 Å². The maximum Gasteiger partial charge on any atom is 0.0831 e. The Morgan fingerprint density at radius 2 is 1.65 bits per heavy atom. The second kappa shape index (κ2) is 6.10. The molecule has 2 aromatic heterocycles. The van der Waals surface area contributed by atoms with Crippen LogP contribution in [0.5, 0.6) is 0 Å². The van der Waals surface area contributed by atoms with E-state index in [1.807, 2.05) is 53.5 Å². The first-order valence-electron chi connectivity index (χ1n) is 6.73. The zero-order valence-electron chi connectivity index (χ0n) is 11.2. The average molecular weight is 264 g/mol. The topological polar surface area (TPSA) is 43.6 Å². The summed E-state index contributed by atoms with van der Waals surface area (Å²) in [6, 6.07) is 16.2. The summed E-state index contributed by atoms with van der Waals surface area (Å²) in [5.74, 6) is 0. The normalized spacial score (nSPS) is 10.6. The first kappa shape index (κ1) is 12.5. The van der Waals surface area contributed by atoms with Crippen molar-refractivity contribution in [2.24, 2.45) is 0 Å². The van der Waals surface area contributed by atoms with Crippen LogP contribution in [0.2, 0.25) is 0 Å². The Bertz CT molecular complexity index is 647.